The largest absolute Gasteiger partial charge is 0.497 e. The van der Waals surface area contributed by atoms with E-state index in [1.165, 1.54) is 0 Å². The van der Waals surface area contributed by atoms with Crippen molar-refractivity contribution in [2.24, 2.45) is 0 Å². The zero-order valence-electron chi connectivity index (χ0n) is 21.7. The molecule has 0 spiro atoms. The van der Waals surface area contributed by atoms with Gasteiger partial charge in [0.1, 0.15) is 17.5 Å². The molecule has 0 aliphatic heterocycles. The van der Waals surface area contributed by atoms with Gasteiger partial charge in [-0.3, -0.25) is 9.59 Å². The van der Waals surface area contributed by atoms with Crippen LogP contribution in [0.4, 0.5) is 0 Å². The molecule has 7 heteroatoms. The number of methoxy groups -OCH3 is 1. The summed E-state index contributed by atoms with van der Waals surface area (Å²) in [5, 5.41) is 3.59. The van der Waals surface area contributed by atoms with Crippen molar-refractivity contribution in [1.82, 2.24) is 10.2 Å². The highest BCUT2D eigenvalue weighted by Gasteiger charge is 2.30. The Hall–Kier alpha value is -3.51. The number of amides is 2. The Morgan fingerprint density at radius 2 is 1.59 bits per heavy atom. The molecule has 37 heavy (non-hydrogen) atoms. The Balaban J connectivity index is 1.76. The standard InChI is InChI=1S/C30H35ClN2O4/c1-22(2)32-30(35)28(20-23-9-5-4-6-10-23)33(21-24-11-7-12-25(31)19-24)29(34)13-8-18-37-27-16-14-26(36-3)15-17-27/h4-7,9-12,14-17,19,22,28H,8,13,18,20-21H2,1-3H3,(H,32,35)/t28-/m0/s1. The van der Waals surface area contributed by atoms with Crippen LogP contribution in [0.2, 0.25) is 5.02 Å². The molecule has 3 aromatic rings. The molecule has 0 saturated carbocycles. The van der Waals surface area contributed by atoms with Crippen molar-refractivity contribution in [3.05, 3.63) is 95.0 Å². The van der Waals surface area contributed by atoms with Crippen LogP contribution < -0.4 is 14.8 Å². The lowest BCUT2D eigenvalue weighted by atomic mass is 10.0. The van der Waals surface area contributed by atoms with Gasteiger partial charge >= 0.3 is 0 Å². The van der Waals surface area contributed by atoms with Crippen LogP contribution in [0.25, 0.3) is 0 Å². The molecular formula is C30H35ClN2O4. The molecular weight excluding hydrogens is 488 g/mol. The fourth-order valence-electron chi connectivity index (χ4n) is 4.00. The van der Waals surface area contributed by atoms with Gasteiger partial charge in [0.05, 0.1) is 13.7 Å². The maximum absolute atomic E-state index is 13.6. The van der Waals surface area contributed by atoms with E-state index in [2.05, 4.69) is 5.32 Å². The molecule has 2 amide bonds. The van der Waals surface area contributed by atoms with E-state index in [1.807, 2.05) is 86.6 Å². The molecule has 3 rings (SSSR count). The van der Waals surface area contributed by atoms with E-state index in [0.717, 1.165) is 16.9 Å². The van der Waals surface area contributed by atoms with Crippen molar-refractivity contribution in [3.8, 4) is 11.5 Å². The van der Waals surface area contributed by atoms with E-state index >= 15 is 0 Å². The van der Waals surface area contributed by atoms with Gasteiger partial charge in [-0.15, -0.1) is 0 Å². The van der Waals surface area contributed by atoms with Crippen LogP contribution in [0.1, 0.15) is 37.8 Å². The van der Waals surface area contributed by atoms with Gasteiger partial charge in [0.2, 0.25) is 11.8 Å². The summed E-state index contributed by atoms with van der Waals surface area (Å²) >= 11 is 6.22. The lowest BCUT2D eigenvalue weighted by Gasteiger charge is -2.32. The molecule has 1 N–H and O–H groups in total. The Morgan fingerprint density at radius 1 is 0.919 bits per heavy atom. The summed E-state index contributed by atoms with van der Waals surface area (Å²) in [5.74, 6) is 1.17. The second-order valence-corrected chi connectivity index (χ2v) is 9.58. The van der Waals surface area contributed by atoms with E-state index in [1.54, 1.807) is 18.1 Å². The van der Waals surface area contributed by atoms with Crippen molar-refractivity contribution < 1.29 is 19.1 Å². The van der Waals surface area contributed by atoms with Crippen molar-refractivity contribution in [2.75, 3.05) is 13.7 Å². The smallest absolute Gasteiger partial charge is 0.243 e. The first kappa shape index (κ1) is 28.1. The summed E-state index contributed by atoms with van der Waals surface area (Å²) in [6.07, 6.45) is 1.17. The Labute approximate surface area is 224 Å². The fourth-order valence-corrected chi connectivity index (χ4v) is 4.21. The molecule has 6 nitrogen and oxygen atoms in total. The third kappa shape index (κ3) is 9.14. The van der Waals surface area contributed by atoms with Gasteiger partial charge in [-0.1, -0.05) is 54.1 Å². The maximum Gasteiger partial charge on any atom is 0.243 e. The zero-order valence-corrected chi connectivity index (χ0v) is 22.4. The molecule has 0 heterocycles. The summed E-state index contributed by atoms with van der Waals surface area (Å²) in [5.41, 5.74) is 1.85. The van der Waals surface area contributed by atoms with Crippen molar-refractivity contribution in [2.45, 2.75) is 51.7 Å². The summed E-state index contributed by atoms with van der Waals surface area (Å²) < 4.78 is 11.0. The van der Waals surface area contributed by atoms with Gasteiger partial charge in [0, 0.05) is 30.5 Å². The van der Waals surface area contributed by atoms with Gasteiger partial charge < -0.3 is 19.7 Å². The van der Waals surface area contributed by atoms with E-state index in [9.17, 15) is 9.59 Å². The van der Waals surface area contributed by atoms with E-state index in [0.29, 0.717) is 30.2 Å². The topological polar surface area (TPSA) is 67.9 Å². The van der Waals surface area contributed by atoms with Crippen molar-refractivity contribution >= 4 is 23.4 Å². The second kappa shape index (κ2) is 14.3. The SMILES string of the molecule is COc1ccc(OCCCC(=O)N(Cc2cccc(Cl)c2)[C@@H](Cc2ccccc2)C(=O)NC(C)C)cc1. The number of halogens is 1. The Morgan fingerprint density at radius 3 is 2.24 bits per heavy atom. The van der Waals surface area contributed by atoms with Gasteiger partial charge in [-0.25, -0.2) is 0 Å². The number of hydrogen-bond donors (Lipinski definition) is 1. The highest BCUT2D eigenvalue weighted by atomic mass is 35.5. The van der Waals surface area contributed by atoms with Crippen LogP contribution in [0, 0.1) is 0 Å². The number of rotatable bonds is 13. The summed E-state index contributed by atoms with van der Waals surface area (Å²) in [6, 6.07) is 23.7. The molecule has 1 atom stereocenters. The average Bonchev–Trinajstić information content (AvgIpc) is 2.89. The van der Waals surface area contributed by atoms with E-state index in [4.69, 9.17) is 21.1 Å². The van der Waals surface area contributed by atoms with Crippen molar-refractivity contribution in [1.29, 1.82) is 0 Å². The zero-order chi connectivity index (χ0) is 26.6. The first-order valence-electron chi connectivity index (χ1n) is 12.5. The number of hydrogen-bond acceptors (Lipinski definition) is 4. The summed E-state index contributed by atoms with van der Waals surface area (Å²) in [4.78, 5) is 28.6. The monoisotopic (exact) mass is 522 g/mol. The molecule has 3 aromatic carbocycles. The predicted octanol–water partition coefficient (Wildman–Crippen LogP) is 5.67. The van der Waals surface area contributed by atoms with Gasteiger partial charge in [0.25, 0.3) is 0 Å². The first-order chi connectivity index (χ1) is 17.9. The van der Waals surface area contributed by atoms with Gasteiger partial charge in [-0.2, -0.15) is 0 Å². The van der Waals surface area contributed by atoms with Crippen LogP contribution in [0.3, 0.4) is 0 Å². The van der Waals surface area contributed by atoms with Crippen LogP contribution in [-0.2, 0) is 22.6 Å². The van der Waals surface area contributed by atoms with Crippen LogP contribution in [0.5, 0.6) is 11.5 Å². The number of nitrogens with zero attached hydrogens (tertiary/aromatic N) is 1. The number of benzene rings is 3. The third-order valence-corrected chi connectivity index (χ3v) is 6.04. The number of nitrogens with one attached hydrogen (secondary N) is 1. The van der Waals surface area contributed by atoms with E-state index in [-0.39, 0.29) is 30.8 Å². The van der Waals surface area contributed by atoms with Gasteiger partial charge in [-0.05, 0) is 67.8 Å². The van der Waals surface area contributed by atoms with Crippen LogP contribution >= 0.6 is 11.6 Å². The highest BCUT2D eigenvalue weighted by Crippen LogP contribution is 2.20. The number of carbonyl (C=O) groups excluding carboxylic acids is 2. The fraction of sp³-hybridized carbons (Fsp3) is 0.333. The molecule has 0 aromatic heterocycles. The quantitative estimate of drug-likeness (QED) is 0.294. The Kier molecular flexibility index (Phi) is 10.8. The molecule has 0 radical (unpaired) electrons. The lowest BCUT2D eigenvalue weighted by molar-refractivity contribution is -0.141. The average molecular weight is 523 g/mol. The molecule has 0 bridgehead atoms. The summed E-state index contributed by atoms with van der Waals surface area (Å²) in [6.45, 7) is 4.49. The van der Waals surface area contributed by atoms with E-state index < -0.39 is 6.04 Å². The predicted molar refractivity (Wildman–Crippen MR) is 147 cm³/mol. The highest BCUT2D eigenvalue weighted by molar-refractivity contribution is 6.30. The summed E-state index contributed by atoms with van der Waals surface area (Å²) in [7, 11) is 1.61. The number of carbonyl (C=O) groups is 2. The molecule has 0 saturated heterocycles. The molecule has 0 aliphatic rings. The number of ether oxygens (including phenoxy) is 2. The minimum absolute atomic E-state index is 0.0493. The third-order valence-electron chi connectivity index (χ3n) is 5.81. The maximum atomic E-state index is 13.6. The minimum atomic E-state index is -0.668. The van der Waals surface area contributed by atoms with Crippen LogP contribution in [0.15, 0.2) is 78.9 Å². The second-order valence-electron chi connectivity index (χ2n) is 9.15. The van der Waals surface area contributed by atoms with Crippen molar-refractivity contribution in [3.63, 3.8) is 0 Å². The normalized spacial score (nSPS) is 11.6. The first-order valence-corrected chi connectivity index (χ1v) is 12.9. The minimum Gasteiger partial charge on any atom is -0.497 e. The molecule has 196 valence electrons. The Bertz CT molecular complexity index is 1140. The van der Waals surface area contributed by atoms with Crippen LogP contribution in [-0.4, -0.2) is 42.5 Å². The molecule has 0 unspecified atom stereocenters. The van der Waals surface area contributed by atoms with Gasteiger partial charge in [0.15, 0.2) is 0 Å². The molecule has 0 aliphatic carbocycles. The lowest BCUT2D eigenvalue weighted by Crippen LogP contribution is -2.51. The molecule has 0 fully saturated rings.